The van der Waals surface area contributed by atoms with Crippen molar-refractivity contribution in [3.8, 4) is 0 Å². The maximum absolute atomic E-state index is 12.8. The highest BCUT2D eigenvalue weighted by atomic mass is 35.5. The number of amides is 1. The third kappa shape index (κ3) is 4.53. The Labute approximate surface area is 167 Å². The molecule has 0 bridgehead atoms. The van der Waals surface area contributed by atoms with Gasteiger partial charge in [0, 0.05) is 25.2 Å². The van der Waals surface area contributed by atoms with Crippen molar-refractivity contribution in [2.45, 2.75) is 13.1 Å². The smallest absolute Gasteiger partial charge is 0.323 e. The summed E-state index contributed by atoms with van der Waals surface area (Å²) in [6.45, 7) is 0.778. The predicted molar refractivity (Wildman–Crippen MR) is 105 cm³/mol. The minimum atomic E-state index is -1.06. The second-order valence-electron chi connectivity index (χ2n) is 6.35. The van der Waals surface area contributed by atoms with E-state index in [1.54, 1.807) is 25.2 Å². The molecule has 2 aromatic rings. The van der Waals surface area contributed by atoms with Crippen molar-refractivity contribution in [1.29, 1.82) is 0 Å². The van der Waals surface area contributed by atoms with Crippen LogP contribution in [0.2, 0.25) is 10.0 Å². The maximum atomic E-state index is 12.8. The number of nitrogens with zero attached hydrogens (tertiary/aromatic N) is 3. The molecule has 3 rings (SSSR count). The van der Waals surface area contributed by atoms with E-state index in [1.165, 1.54) is 21.0 Å². The molecular formula is C19H19Cl2N3O3. The SMILES string of the molecule is CN(C(=O)CN(CC(=O)O)c1cc(Cl)ccc1Cl)N1Cc2ccccc2C1. The molecule has 8 heteroatoms. The highest BCUT2D eigenvalue weighted by molar-refractivity contribution is 6.35. The van der Waals surface area contributed by atoms with Gasteiger partial charge < -0.3 is 10.0 Å². The van der Waals surface area contributed by atoms with Gasteiger partial charge in [-0.15, -0.1) is 0 Å². The quantitative estimate of drug-likeness (QED) is 0.795. The number of hydrogen-bond acceptors (Lipinski definition) is 4. The maximum Gasteiger partial charge on any atom is 0.323 e. The number of anilines is 1. The number of hydrazine groups is 1. The fourth-order valence-electron chi connectivity index (χ4n) is 3.07. The molecule has 0 spiro atoms. The number of aliphatic carboxylic acids is 1. The molecule has 0 fully saturated rings. The second kappa shape index (κ2) is 8.17. The van der Waals surface area contributed by atoms with E-state index in [-0.39, 0.29) is 19.0 Å². The average Bonchev–Trinajstić information content (AvgIpc) is 3.06. The Balaban J connectivity index is 1.75. The third-order valence-corrected chi connectivity index (χ3v) is 5.07. The Kier molecular flexibility index (Phi) is 5.89. The molecule has 0 saturated carbocycles. The van der Waals surface area contributed by atoms with Crippen LogP contribution in [0.15, 0.2) is 42.5 Å². The van der Waals surface area contributed by atoms with Crippen LogP contribution in [0, 0.1) is 0 Å². The number of carboxylic acid groups (broad SMARTS) is 1. The van der Waals surface area contributed by atoms with Crippen molar-refractivity contribution in [3.05, 3.63) is 63.6 Å². The molecule has 1 aliphatic heterocycles. The molecule has 0 unspecified atom stereocenters. The molecule has 27 heavy (non-hydrogen) atoms. The summed E-state index contributed by atoms with van der Waals surface area (Å²) < 4.78 is 0. The van der Waals surface area contributed by atoms with E-state index in [9.17, 15) is 14.7 Å². The summed E-state index contributed by atoms with van der Waals surface area (Å²) in [5.74, 6) is -1.30. The topological polar surface area (TPSA) is 64.1 Å². The average molecular weight is 408 g/mol. The van der Waals surface area contributed by atoms with E-state index < -0.39 is 5.97 Å². The van der Waals surface area contributed by atoms with E-state index in [4.69, 9.17) is 23.2 Å². The van der Waals surface area contributed by atoms with Crippen molar-refractivity contribution in [3.63, 3.8) is 0 Å². The van der Waals surface area contributed by atoms with Crippen LogP contribution in [0.4, 0.5) is 5.69 Å². The van der Waals surface area contributed by atoms with Crippen molar-refractivity contribution in [1.82, 2.24) is 10.0 Å². The second-order valence-corrected chi connectivity index (χ2v) is 7.20. The molecule has 6 nitrogen and oxygen atoms in total. The predicted octanol–water partition coefficient (Wildman–Crippen LogP) is 3.27. The van der Waals surface area contributed by atoms with Crippen LogP contribution in [-0.4, -0.2) is 47.1 Å². The van der Waals surface area contributed by atoms with E-state index >= 15 is 0 Å². The Morgan fingerprint density at radius 3 is 2.30 bits per heavy atom. The number of carbonyl (C=O) groups is 2. The van der Waals surface area contributed by atoms with Gasteiger partial charge >= 0.3 is 5.97 Å². The molecule has 0 radical (unpaired) electrons. The van der Waals surface area contributed by atoms with E-state index in [0.717, 1.165) is 0 Å². The monoisotopic (exact) mass is 407 g/mol. The third-order valence-electron chi connectivity index (χ3n) is 4.51. The van der Waals surface area contributed by atoms with Gasteiger partial charge in [-0.3, -0.25) is 14.6 Å². The molecule has 0 aromatic heterocycles. The molecule has 1 N–H and O–H groups in total. The van der Waals surface area contributed by atoms with Crippen LogP contribution in [0.25, 0.3) is 0 Å². The zero-order chi connectivity index (χ0) is 19.6. The molecule has 1 aliphatic rings. The number of rotatable bonds is 6. The summed E-state index contributed by atoms with van der Waals surface area (Å²) in [4.78, 5) is 25.5. The van der Waals surface area contributed by atoms with Gasteiger partial charge in [0.1, 0.15) is 6.54 Å². The number of hydrogen-bond donors (Lipinski definition) is 1. The number of halogens is 2. The Morgan fingerprint density at radius 2 is 1.70 bits per heavy atom. The largest absolute Gasteiger partial charge is 0.480 e. The summed E-state index contributed by atoms with van der Waals surface area (Å²) in [6, 6.07) is 12.8. The molecule has 2 aromatic carbocycles. The summed E-state index contributed by atoms with van der Waals surface area (Å²) in [5.41, 5.74) is 2.77. The summed E-state index contributed by atoms with van der Waals surface area (Å²) in [6.07, 6.45) is 0. The van der Waals surface area contributed by atoms with Crippen LogP contribution < -0.4 is 4.90 Å². The first-order valence-corrected chi connectivity index (χ1v) is 9.10. The van der Waals surface area contributed by atoms with Gasteiger partial charge in [0.2, 0.25) is 0 Å². The van der Waals surface area contributed by atoms with Crippen LogP contribution in [0.5, 0.6) is 0 Å². The first-order valence-electron chi connectivity index (χ1n) is 8.35. The van der Waals surface area contributed by atoms with Gasteiger partial charge in [0.15, 0.2) is 0 Å². The number of carbonyl (C=O) groups excluding carboxylic acids is 1. The van der Waals surface area contributed by atoms with Crippen LogP contribution in [-0.2, 0) is 22.7 Å². The van der Waals surface area contributed by atoms with Crippen molar-refractivity contribution in [2.75, 3.05) is 25.0 Å². The lowest BCUT2D eigenvalue weighted by Crippen LogP contribution is -2.46. The standard InChI is InChI=1S/C19H19Cl2N3O3/c1-22(24-9-13-4-2-3-5-14(13)10-24)18(25)11-23(12-19(26)27)17-8-15(20)6-7-16(17)21/h2-8H,9-12H2,1H3,(H,26,27). The molecule has 142 valence electrons. The Bertz CT molecular complexity index is 850. The summed E-state index contributed by atoms with van der Waals surface area (Å²) in [7, 11) is 1.69. The number of fused-ring (bicyclic) bond motifs is 1. The van der Waals surface area contributed by atoms with Crippen LogP contribution >= 0.6 is 23.2 Å². The lowest BCUT2D eigenvalue weighted by atomic mass is 10.1. The van der Waals surface area contributed by atoms with E-state index in [1.807, 2.05) is 29.3 Å². The van der Waals surface area contributed by atoms with Gasteiger partial charge in [0.25, 0.3) is 5.91 Å². The molecule has 1 heterocycles. The minimum Gasteiger partial charge on any atom is -0.480 e. The fraction of sp³-hybridized carbons (Fsp3) is 0.263. The molecule has 1 amide bonds. The van der Waals surface area contributed by atoms with Gasteiger partial charge in [-0.25, -0.2) is 5.01 Å². The number of likely N-dealkylation sites (N-methyl/N-ethyl adjacent to an activating group) is 1. The zero-order valence-corrected chi connectivity index (χ0v) is 16.2. The highest BCUT2D eigenvalue weighted by Crippen LogP contribution is 2.29. The Hall–Kier alpha value is -2.28. The van der Waals surface area contributed by atoms with Crippen LogP contribution in [0.3, 0.4) is 0 Å². The minimum absolute atomic E-state index is 0.129. The lowest BCUT2D eigenvalue weighted by molar-refractivity contribution is -0.145. The zero-order valence-electron chi connectivity index (χ0n) is 14.7. The normalized spacial score (nSPS) is 13.3. The van der Waals surface area contributed by atoms with Gasteiger partial charge in [-0.2, -0.15) is 0 Å². The van der Waals surface area contributed by atoms with Gasteiger partial charge in [-0.1, -0.05) is 47.5 Å². The van der Waals surface area contributed by atoms with Crippen molar-refractivity contribution < 1.29 is 14.7 Å². The lowest BCUT2D eigenvalue weighted by Gasteiger charge is -2.31. The first kappa shape index (κ1) is 19.5. The number of carboxylic acids is 1. The fourth-order valence-corrected chi connectivity index (χ4v) is 3.47. The number of benzene rings is 2. The molecule has 0 atom stereocenters. The van der Waals surface area contributed by atoms with E-state index in [0.29, 0.717) is 28.8 Å². The molecular weight excluding hydrogens is 389 g/mol. The van der Waals surface area contributed by atoms with Gasteiger partial charge in [0.05, 0.1) is 17.3 Å². The Morgan fingerprint density at radius 1 is 1.07 bits per heavy atom. The molecule has 0 aliphatic carbocycles. The first-order chi connectivity index (χ1) is 12.8. The van der Waals surface area contributed by atoms with Crippen LogP contribution in [0.1, 0.15) is 11.1 Å². The van der Waals surface area contributed by atoms with Crippen molar-refractivity contribution in [2.24, 2.45) is 0 Å². The summed E-state index contributed by atoms with van der Waals surface area (Å²) in [5, 5.41) is 13.4. The molecule has 0 saturated heterocycles. The van der Waals surface area contributed by atoms with Gasteiger partial charge in [-0.05, 0) is 29.3 Å². The van der Waals surface area contributed by atoms with Crippen molar-refractivity contribution >= 4 is 40.8 Å². The highest BCUT2D eigenvalue weighted by Gasteiger charge is 2.27. The summed E-state index contributed by atoms with van der Waals surface area (Å²) >= 11 is 12.2. The van der Waals surface area contributed by atoms with E-state index in [2.05, 4.69) is 0 Å².